The predicted molar refractivity (Wildman–Crippen MR) is 124 cm³/mol. The average molecular weight is 410 g/mol. The third-order valence-electron chi connectivity index (χ3n) is 5.51. The highest BCUT2D eigenvalue weighted by atomic mass is 16.5. The summed E-state index contributed by atoms with van der Waals surface area (Å²) in [5, 5.41) is 5.32. The number of hydrazone groups is 1. The van der Waals surface area contributed by atoms with Crippen molar-refractivity contribution in [3.63, 3.8) is 0 Å². The van der Waals surface area contributed by atoms with Crippen LogP contribution < -0.4 is 11.0 Å². The predicted octanol–water partition coefficient (Wildman–Crippen LogP) is 4.28. The van der Waals surface area contributed by atoms with Gasteiger partial charge in [-0.2, -0.15) is 5.10 Å². The molecule has 1 aliphatic rings. The lowest BCUT2D eigenvalue weighted by molar-refractivity contribution is 0.190. The van der Waals surface area contributed by atoms with Crippen LogP contribution in [-0.2, 0) is 11.3 Å². The van der Waals surface area contributed by atoms with Crippen LogP contribution >= 0.6 is 0 Å². The molecule has 0 spiro atoms. The van der Waals surface area contributed by atoms with Crippen LogP contribution in [0.15, 0.2) is 82.7 Å². The molecule has 31 heavy (non-hydrogen) atoms. The molecule has 1 N–H and O–H groups in total. The molecule has 1 aliphatic carbocycles. The number of anilines is 1. The van der Waals surface area contributed by atoms with E-state index in [0.717, 1.165) is 28.0 Å². The Morgan fingerprint density at radius 3 is 2.19 bits per heavy atom. The summed E-state index contributed by atoms with van der Waals surface area (Å²) in [6.45, 7) is 1.05. The molecule has 0 aliphatic heterocycles. The van der Waals surface area contributed by atoms with Crippen molar-refractivity contribution in [1.29, 1.82) is 0 Å². The van der Waals surface area contributed by atoms with Crippen LogP contribution in [-0.4, -0.2) is 29.0 Å². The zero-order valence-corrected chi connectivity index (χ0v) is 17.2. The third kappa shape index (κ3) is 3.41. The van der Waals surface area contributed by atoms with Gasteiger partial charge in [0.15, 0.2) is 0 Å². The van der Waals surface area contributed by atoms with Gasteiger partial charge >= 0.3 is 0 Å². The number of nitrogens with one attached hydrogen (secondary N) is 1. The summed E-state index contributed by atoms with van der Waals surface area (Å²) in [6, 6.07) is 23.8. The van der Waals surface area contributed by atoms with Crippen LogP contribution in [0.4, 0.5) is 5.95 Å². The number of rotatable bonds is 6. The Morgan fingerprint density at radius 1 is 0.903 bits per heavy atom. The first kappa shape index (κ1) is 19.2. The van der Waals surface area contributed by atoms with Gasteiger partial charge in [0, 0.05) is 31.4 Å². The highest BCUT2D eigenvalue weighted by Gasteiger charge is 2.24. The maximum absolute atomic E-state index is 13.1. The second kappa shape index (κ2) is 8.16. The Kier molecular flexibility index (Phi) is 5.06. The lowest BCUT2D eigenvalue weighted by Crippen LogP contribution is -2.25. The number of para-hydroxylation sites is 1. The van der Waals surface area contributed by atoms with Gasteiger partial charge in [0.05, 0.1) is 16.6 Å². The Bertz CT molecular complexity index is 1310. The molecule has 0 unspecified atom stereocenters. The number of methoxy groups -OCH3 is 1. The molecule has 0 fully saturated rings. The van der Waals surface area contributed by atoms with Crippen LogP contribution in [0.3, 0.4) is 0 Å². The van der Waals surface area contributed by atoms with Gasteiger partial charge in [-0.05, 0) is 29.7 Å². The quantitative estimate of drug-likeness (QED) is 0.335. The van der Waals surface area contributed by atoms with E-state index in [0.29, 0.717) is 36.4 Å². The highest BCUT2D eigenvalue weighted by Crippen LogP contribution is 2.36. The summed E-state index contributed by atoms with van der Waals surface area (Å²) < 4.78 is 6.80. The van der Waals surface area contributed by atoms with E-state index in [9.17, 15) is 4.79 Å². The van der Waals surface area contributed by atoms with Crippen molar-refractivity contribution >= 4 is 22.6 Å². The normalized spacial score (nSPS) is 12.0. The maximum Gasteiger partial charge on any atom is 0.262 e. The second-order valence-electron chi connectivity index (χ2n) is 7.42. The van der Waals surface area contributed by atoms with E-state index in [1.54, 1.807) is 17.7 Å². The van der Waals surface area contributed by atoms with Crippen LogP contribution in [0.25, 0.3) is 22.0 Å². The molecule has 0 bridgehead atoms. The molecule has 4 aromatic rings. The molecular formula is C25H22N4O2. The molecule has 0 radical (unpaired) electrons. The number of hydrogen-bond acceptors (Lipinski definition) is 5. The van der Waals surface area contributed by atoms with Gasteiger partial charge in [-0.25, -0.2) is 10.4 Å². The van der Waals surface area contributed by atoms with Crippen molar-refractivity contribution in [3.8, 4) is 11.1 Å². The smallest absolute Gasteiger partial charge is 0.262 e. The SMILES string of the molecule is COCCCn1c(NN=C2c3ccccc3-c3ccccc32)nc2ccccc2c1=O. The zero-order chi connectivity index (χ0) is 21.2. The molecule has 1 heterocycles. The van der Waals surface area contributed by atoms with Crippen LogP contribution in [0.1, 0.15) is 17.5 Å². The first-order valence-electron chi connectivity index (χ1n) is 10.3. The highest BCUT2D eigenvalue weighted by molar-refractivity contribution is 6.24. The number of nitrogens with zero attached hydrogens (tertiary/aromatic N) is 3. The summed E-state index contributed by atoms with van der Waals surface area (Å²) in [6.07, 6.45) is 0.702. The lowest BCUT2D eigenvalue weighted by atomic mass is 10.1. The molecule has 154 valence electrons. The summed E-state index contributed by atoms with van der Waals surface area (Å²) >= 11 is 0. The molecule has 0 saturated carbocycles. The average Bonchev–Trinajstić information content (AvgIpc) is 3.13. The van der Waals surface area contributed by atoms with Crippen LogP contribution in [0.5, 0.6) is 0 Å². The first-order valence-corrected chi connectivity index (χ1v) is 10.3. The minimum atomic E-state index is -0.0865. The van der Waals surface area contributed by atoms with E-state index in [2.05, 4.69) is 29.7 Å². The lowest BCUT2D eigenvalue weighted by Gasteiger charge is -2.13. The van der Waals surface area contributed by atoms with Crippen molar-refractivity contribution in [2.45, 2.75) is 13.0 Å². The minimum Gasteiger partial charge on any atom is -0.385 e. The fourth-order valence-electron chi connectivity index (χ4n) is 4.05. The fraction of sp³-hybridized carbons (Fsp3) is 0.160. The van der Waals surface area contributed by atoms with E-state index < -0.39 is 0 Å². The topological polar surface area (TPSA) is 68.5 Å². The molecule has 0 saturated heterocycles. The maximum atomic E-state index is 13.1. The standard InChI is InChI=1S/C25H22N4O2/c1-31-16-8-15-29-24(30)21-13-6-7-14-22(21)26-25(29)28-27-23-19-11-4-2-9-17(19)18-10-3-5-12-20(18)23/h2-7,9-14H,8,15-16H2,1H3,(H,26,28). The molecule has 6 heteroatoms. The molecular weight excluding hydrogens is 388 g/mol. The number of hydrogen-bond donors (Lipinski definition) is 1. The number of ether oxygens (including phenoxy) is 1. The summed E-state index contributed by atoms with van der Waals surface area (Å²) in [7, 11) is 1.65. The Labute approximate surface area is 179 Å². The Morgan fingerprint density at radius 2 is 1.52 bits per heavy atom. The molecule has 3 aromatic carbocycles. The van der Waals surface area contributed by atoms with E-state index in [-0.39, 0.29) is 5.56 Å². The summed E-state index contributed by atoms with van der Waals surface area (Å²) in [5.41, 5.74) is 8.93. The van der Waals surface area contributed by atoms with E-state index >= 15 is 0 Å². The van der Waals surface area contributed by atoms with Gasteiger partial charge in [-0.15, -0.1) is 0 Å². The molecule has 0 atom stereocenters. The fourth-order valence-corrected chi connectivity index (χ4v) is 4.05. The largest absolute Gasteiger partial charge is 0.385 e. The zero-order valence-electron chi connectivity index (χ0n) is 17.2. The van der Waals surface area contributed by atoms with Crippen LogP contribution in [0.2, 0.25) is 0 Å². The van der Waals surface area contributed by atoms with E-state index in [4.69, 9.17) is 14.8 Å². The Balaban J connectivity index is 1.60. The second-order valence-corrected chi connectivity index (χ2v) is 7.42. The van der Waals surface area contributed by atoms with Gasteiger partial charge in [0.25, 0.3) is 5.56 Å². The Hall–Kier alpha value is -3.77. The van der Waals surface area contributed by atoms with Crippen molar-refractivity contribution < 1.29 is 4.74 Å². The van der Waals surface area contributed by atoms with Crippen molar-refractivity contribution in [1.82, 2.24) is 9.55 Å². The van der Waals surface area contributed by atoms with Crippen molar-refractivity contribution in [2.24, 2.45) is 5.10 Å². The molecule has 6 nitrogen and oxygen atoms in total. The minimum absolute atomic E-state index is 0.0865. The molecule has 5 rings (SSSR count). The first-order chi connectivity index (χ1) is 15.3. The molecule has 0 amide bonds. The summed E-state index contributed by atoms with van der Waals surface area (Å²) in [4.78, 5) is 17.8. The van der Waals surface area contributed by atoms with Crippen LogP contribution in [0, 0.1) is 0 Å². The van der Waals surface area contributed by atoms with Gasteiger partial charge in [0.1, 0.15) is 0 Å². The van der Waals surface area contributed by atoms with Crippen molar-refractivity contribution in [3.05, 3.63) is 94.3 Å². The number of benzene rings is 3. The van der Waals surface area contributed by atoms with Gasteiger partial charge in [-0.1, -0.05) is 60.7 Å². The number of aromatic nitrogens is 2. The van der Waals surface area contributed by atoms with E-state index in [1.807, 2.05) is 42.5 Å². The van der Waals surface area contributed by atoms with Crippen molar-refractivity contribution in [2.75, 3.05) is 19.1 Å². The molecule has 1 aromatic heterocycles. The summed E-state index contributed by atoms with van der Waals surface area (Å²) in [5.74, 6) is 0.425. The number of fused-ring (bicyclic) bond motifs is 4. The van der Waals surface area contributed by atoms with Gasteiger partial charge in [-0.3, -0.25) is 9.36 Å². The third-order valence-corrected chi connectivity index (χ3v) is 5.51. The van der Waals surface area contributed by atoms with Gasteiger partial charge < -0.3 is 4.74 Å². The van der Waals surface area contributed by atoms with E-state index in [1.165, 1.54) is 0 Å². The van der Waals surface area contributed by atoms with Gasteiger partial charge in [0.2, 0.25) is 5.95 Å². The monoisotopic (exact) mass is 410 g/mol.